The van der Waals surface area contributed by atoms with Crippen molar-refractivity contribution < 1.29 is 4.74 Å². The monoisotopic (exact) mass is 422 g/mol. The Morgan fingerprint density at radius 2 is 1.58 bits per heavy atom. The third kappa shape index (κ3) is 8.00. The molecule has 0 amide bonds. The van der Waals surface area contributed by atoms with Crippen molar-refractivity contribution in [3.05, 3.63) is 71.3 Å². The van der Waals surface area contributed by atoms with E-state index >= 15 is 0 Å². The summed E-state index contributed by atoms with van der Waals surface area (Å²) in [5, 5.41) is 7.03. The van der Waals surface area contributed by atoms with Gasteiger partial charge in [-0.1, -0.05) is 54.6 Å². The van der Waals surface area contributed by atoms with Crippen LogP contribution >= 0.6 is 0 Å². The number of aliphatic imine (C=N–C) groups is 1. The largest absolute Gasteiger partial charge is 0.372 e. The number of piperidine rings is 1. The molecule has 5 heteroatoms. The van der Waals surface area contributed by atoms with E-state index < -0.39 is 0 Å². The summed E-state index contributed by atoms with van der Waals surface area (Å²) in [5.74, 6) is 0.917. The Kier molecular flexibility index (Phi) is 9.38. The molecular formula is C26H38N4O. The molecule has 0 unspecified atom stereocenters. The molecule has 0 spiro atoms. The van der Waals surface area contributed by atoms with Crippen LogP contribution in [-0.2, 0) is 24.5 Å². The number of rotatable bonds is 9. The van der Waals surface area contributed by atoms with Gasteiger partial charge in [0.1, 0.15) is 0 Å². The van der Waals surface area contributed by atoms with Crippen molar-refractivity contribution in [3.63, 3.8) is 0 Å². The quantitative estimate of drug-likeness (QED) is 0.466. The maximum Gasteiger partial charge on any atom is 0.191 e. The van der Waals surface area contributed by atoms with Gasteiger partial charge >= 0.3 is 0 Å². The van der Waals surface area contributed by atoms with Crippen LogP contribution in [-0.4, -0.2) is 42.6 Å². The van der Waals surface area contributed by atoms with Gasteiger partial charge in [0.2, 0.25) is 0 Å². The molecule has 0 radical (unpaired) electrons. The van der Waals surface area contributed by atoms with Gasteiger partial charge in [-0.3, -0.25) is 0 Å². The van der Waals surface area contributed by atoms with Crippen LogP contribution in [0.3, 0.4) is 0 Å². The van der Waals surface area contributed by atoms with E-state index in [1.165, 1.54) is 29.5 Å². The molecule has 5 nitrogen and oxygen atoms in total. The summed E-state index contributed by atoms with van der Waals surface area (Å²) >= 11 is 0. The van der Waals surface area contributed by atoms with E-state index in [-0.39, 0.29) is 0 Å². The molecule has 1 heterocycles. The van der Waals surface area contributed by atoms with E-state index in [2.05, 4.69) is 72.7 Å². The second kappa shape index (κ2) is 12.5. The molecule has 0 saturated carbocycles. The third-order valence-electron chi connectivity index (χ3n) is 5.77. The van der Waals surface area contributed by atoms with Crippen LogP contribution in [0.15, 0.2) is 59.6 Å². The van der Waals surface area contributed by atoms with Crippen LogP contribution in [0.5, 0.6) is 0 Å². The number of nitrogens with one attached hydrogen (secondary N) is 2. The molecule has 1 saturated heterocycles. The number of likely N-dealkylation sites (tertiary alicyclic amines) is 1. The Labute approximate surface area is 187 Å². The lowest BCUT2D eigenvalue weighted by Crippen LogP contribution is -2.49. The van der Waals surface area contributed by atoms with Gasteiger partial charge in [-0.05, 0) is 50.3 Å². The smallest absolute Gasteiger partial charge is 0.191 e. The van der Waals surface area contributed by atoms with Gasteiger partial charge in [0.15, 0.2) is 5.96 Å². The zero-order chi connectivity index (χ0) is 21.9. The molecule has 0 aliphatic carbocycles. The summed E-state index contributed by atoms with van der Waals surface area (Å²) in [6, 6.07) is 20.0. The average molecular weight is 423 g/mol. The lowest BCUT2D eigenvalue weighted by molar-refractivity contribution is 0.107. The van der Waals surface area contributed by atoms with E-state index in [0.717, 1.165) is 25.6 Å². The molecule has 1 aliphatic heterocycles. The summed E-state index contributed by atoms with van der Waals surface area (Å²) in [5.41, 5.74) is 3.59. The number of hydrogen-bond acceptors (Lipinski definition) is 3. The summed E-state index contributed by atoms with van der Waals surface area (Å²) in [7, 11) is 0. The van der Waals surface area contributed by atoms with E-state index in [0.29, 0.717) is 31.8 Å². The molecule has 168 valence electrons. The molecule has 2 aromatic carbocycles. The van der Waals surface area contributed by atoms with Gasteiger partial charge < -0.3 is 20.3 Å². The van der Waals surface area contributed by atoms with Crippen LogP contribution in [0.25, 0.3) is 0 Å². The zero-order valence-electron chi connectivity index (χ0n) is 19.3. The van der Waals surface area contributed by atoms with Crippen LogP contribution in [0, 0.1) is 0 Å². The first kappa shape index (κ1) is 23.3. The highest BCUT2D eigenvalue weighted by Gasteiger charge is 2.21. The molecule has 1 fully saturated rings. The summed E-state index contributed by atoms with van der Waals surface area (Å²) in [4.78, 5) is 7.36. The molecule has 0 bridgehead atoms. The van der Waals surface area contributed by atoms with E-state index in [9.17, 15) is 0 Å². The van der Waals surface area contributed by atoms with Gasteiger partial charge in [-0.15, -0.1) is 0 Å². The minimum Gasteiger partial charge on any atom is -0.372 e. The normalized spacial score (nSPS) is 15.9. The molecule has 1 aliphatic rings. The van der Waals surface area contributed by atoms with Crippen molar-refractivity contribution in [2.45, 2.75) is 65.5 Å². The number of nitrogens with zero attached hydrogens (tertiary/aromatic N) is 2. The zero-order valence-corrected chi connectivity index (χ0v) is 19.3. The van der Waals surface area contributed by atoms with Crippen molar-refractivity contribution in [1.29, 1.82) is 0 Å². The molecular weight excluding hydrogens is 384 g/mol. The second-order valence-electron chi connectivity index (χ2n) is 8.54. The highest BCUT2D eigenvalue weighted by molar-refractivity contribution is 5.80. The number of hydrogen-bond donors (Lipinski definition) is 2. The fourth-order valence-corrected chi connectivity index (χ4v) is 3.85. The fourth-order valence-electron chi connectivity index (χ4n) is 3.85. The van der Waals surface area contributed by atoms with Crippen LogP contribution < -0.4 is 10.6 Å². The Morgan fingerprint density at radius 3 is 2.19 bits per heavy atom. The summed E-state index contributed by atoms with van der Waals surface area (Å²) in [6.45, 7) is 11.8. The first-order chi connectivity index (χ1) is 15.1. The minimum absolute atomic E-state index is 0.497. The maximum atomic E-state index is 5.83. The average Bonchev–Trinajstić information content (AvgIpc) is 2.79. The van der Waals surface area contributed by atoms with Gasteiger partial charge in [0, 0.05) is 31.7 Å². The standard InChI is InChI=1S/C26H38N4O/c1-4-27-26(29-25-14-16-30(17-15-25)21(2)3)28-18-22-10-12-24(13-11-22)20-31-19-23-8-6-5-7-9-23/h5-13,21,25H,4,14-20H2,1-3H3,(H2,27,28,29). The molecule has 2 aromatic rings. The van der Waals surface area contributed by atoms with Crippen molar-refractivity contribution in [3.8, 4) is 0 Å². The topological polar surface area (TPSA) is 48.9 Å². The maximum absolute atomic E-state index is 5.83. The first-order valence-electron chi connectivity index (χ1n) is 11.6. The Balaban J connectivity index is 1.45. The number of benzene rings is 2. The summed E-state index contributed by atoms with van der Waals surface area (Å²) < 4.78 is 5.83. The van der Waals surface area contributed by atoms with Crippen LogP contribution in [0.2, 0.25) is 0 Å². The predicted octanol–water partition coefficient (Wildman–Crippen LogP) is 4.33. The van der Waals surface area contributed by atoms with Crippen LogP contribution in [0.4, 0.5) is 0 Å². The van der Waals surface area contributed by atoms with Crippen molar-refractivity contribution in [2.24, 2.45) is 4.99 Å². The van der Waals surface area contributed by atoms with Crippen molar-refractivity contribution in [1.82, 2.24) is 15.5 Å². The van der Waals surface area contributed by atoms with Crippen LogP contribution in [0.1, 0.15) is 50.3 Å². The van der Waals surface area contributed by atoms with Crippen molar-refractivity contribution >= 4 is 5.96 Å². The Hall–Kier alpha value is -2.37. The predicted molar refractivity (Wildman–Crippen MR) is 129 cm³/mol. The van der Waals surface area contributed by atoms with Gasteiger partial charge in [0.05, 0.1) is 19.8 Å². The lowest BCUT2D eigenvalue weighted by atomic mass is 10.0. The number of guanidine groups is 1. The van der Waals surface area contributed by atoms with Gasteiger partial charge in [-0.25, -0.2) is 4.99 Å². The highest BCUT2D eigenvalue weighted by atomic mass is 16.5. The SMILES string of the molecule is CCNC(=NCc1ccc(COCc2ccccc2)cc1)NC1CCN(C(C)C)CC1. The second-order valence-corrected chi connectivity index (χ2v) is 8.54. The molecule has 0 atom stereocenters. The minimum atomic E-state index is 0.497. The van der Waals surface area contributed by atoms with Gasteiger partial charge in [0.25, 0.3) is 0 Å². The van der Waals surface area contributed by atoms with E-state index in [4.69, 9.17) is 9.73 Å². The lowest BCUT2D eigenvalue weighted by Gasteiger charge is -2.35. The number of ether oxygens (including phenoxy) is 1. The first-order valence-corrected chi connectivity index (χ1v) is 11.6. The van der Waals surface area contributed by atoms with E-state index in [1.54, 1.807) is 0 Å². The molecule has 0 aromatic heterocycles. The molecule has 2 N–H and O–H groups in total. The van der Waals surface area contributed by atoms with Crippen molar-refractivity contribution in [2.75, 3.05) is 19.6 Å². The van der Waals surface area contributed by atoms with E-state index in [1.807, 2.05) is 18.2 Å². The molecule has 3 rings (SSSR count). The summed E-state index contributed by atoms with van der Waals surface area (Å²) in [6.07, 6.45) is 2.33. The van der Waals surface area contributed by atoms with Gasteiger partial charge in [-0.2, -0.15) is 0 Å². The molecule has 31 heavy (non-hydrogen) atoms. The highest BCUT2D eigenvalue weighted by Crippen LogP contribution is 2.13. The Morgan fingerprint density at radius 1 is 0.968 bits per heavy atom. The Bertz CT molecular complexity index is 781. The fraction of sp³-hybridized carbons (Fsp3) is 0.500. The third-order valence-corrected chi connectivity index (χ3v) is 5.77.